The number of nitriles is 1. The molecule has 1 rings (SSSR count). The van der Waals surface area contributed by atoms with Gasteiger partial charge in [0.15, 0.2) is 0 Å². The summed E-state index contributed by atoms with van der Waals surface area (Å²) >= 11 is 0. The van der Waals surface area contributed by atoms with Crippen LogP contribution >= 0.6 is 0 Å². The second kappa shape index (κ2) is 5.65. The van der Waals surface area contributed by atoms with Crippen LogP contribution in [0.1, 0.15) is 46.5 Å². The van der Waals surface area contributed by atoms with Crippen molar-refractivity contribution >= 4 is 10.8 Å². The molecule has 0 aromatic carbocycles. The normalized spacial score (nSPS) is 33.7. The lowest BCUT2D eigenvalue weighted by atomic mass is 9.81. The lowest BCUT2D eigenvalue weighted by Crippen LogP contribution is -2.35. The highest BCUT2D eigenvalue weighted by Crippen LogP contribution is 2.34. The Labute approximate surface area is 95.5 Å². The molecule has 0 amide bonds. The zero-order chi connectivity index (χ0) is 11.4. The van der Waals surface area contributed by atoms with Crippen molar-refractivity contribution < 1.29 is 4.21 Å². The van der Waals surface area contributed by atoms with Crippen LogP contribution in [0.25, 0.3) is 0 Å². The summed E-state index contributed by atoms with van der Waals surface area (Å²) in [7, 11) is -0.833. The SMILES string of the molecule is CCC1CCC(C#N)C(S(=O)C(C)C)C1. The maximum Gasteiger partial charge on any atom is 0.0668 e. The largest absolute Gasteiger partial charge is 0.259 e. The second-order valence-corrected chi connectivity index (χ2v) is 6.94. The summed E-state index contributed by atoms with van der Waals surface area (Å²) in [6, 6.07) is 2.34. The van der Waals surface area contributed by atoms with Crippen molar-refractivity contribution in [1.82, 2.24) is 0 Å². The molecule has 86 valence electrons. The minimum Gasteiger partial charge on any atom is -0.259 e. The predicted octanol–water partition coefficient (Wildman–Crippen LogP) is 2.86. The van der Waals surface area contributed by atoms with Crippen molar-refractivity contribution in [1.29, 1.82) is 5.26 Å². The van der Waals surface area contributed by atoms with Crippen LogP contribution < -0.4 is 0 Å². The molecule has 15 heavy (non-hydrogen) atoms. The Morgan fingerprint density at radius 2 is 2.13 bits per heavy atom. The number of hydrogen-bond donors (Lipinski definition) is 0. The van der Waals surface area contributed by atoms with Gasteiger partial charge in [-0.25, -0.2) is 0 Å². The van der Waals surface area contributed by atoms with Gasteiger partial charge in [-0.05, 0) is 25.2 Å². The van der Waals surface area contributed by atoms with Gasteiger partial charge in [0.2, 0.25) is 0 Å². The summed E-state index contributed by atoms with van der Waals surface area (Å²) in [5.74, 6) is 0.707. The van der Waals surface area contributed by atoms with Gasteiger partial charge >= 0.3 is 0 Å². The molecule has 0 N–H and O–H groups in total. The first-order valence-corrected chi connectivity index (χ1v) is 7.16. The van der Waals surface area contributed by atoms with Gasteiger partial charge in [-0.2, -0.15) is 5.26 Å². The molecule has 2 nitrogen and oxygen atoms in total. The smallest absolute Gasteiger partial charge is 0.0668 e. The molecule has 0 aromatic rings. The van der Waals surface area contributed by atoms with Crippen molar-refractivity contribution in [3.05, 3.63) is 0 Å². The molecule has 0 spiro atoms. The maximum absolute atomic E-state index is 12.1. The molecule has 0 aromatic heterocycles. The van der Waals surface area contributed by atoms with Gasteiger partial charge in [0.1, 0.15) is 0 Å². The number of nitrogens with zero attached hydrogens (tertiary/aromatic N) is 1. The highest BCUT2D eigenvalue weighted by molar-refractivity contribution is 7.86. The zero-order valence-corrected chi connectivity index (χ0v) is 10.7. The molecule has 0 radical (unpaired) electrons. The highest BCUT2D eigenvalue weighted by Gasteiger charge is 2.34. The van der Waals surface area contributed by atoms with Gasteiger partial charge in [0.05, 0.1) is 17.2 Å². The monoisotopic (exact) mass is 227 g/mol. The fourth-order valence-corrected chi connectivity index (χ4v) is 4.02. The molecule has 4 unspecified atom stereocenters. The second-order valence-electron chi connectivity index (χ2n) is 4.74. The third-order valence-corrected chi connectivity index (χ3v) is 5.45. The Morgan fingerprint density at radius 1 is 1.47 bits per heavy atom. The number of rotatable bonds is 3. The summed E-state index contributed by atoms with van der Waals surface area (Å²) in [6.45, 7) is 6.16. The molecule has 1 saturated carbocycles. The predicted molar refractivity (Wildman–Crippen MR) is 63.8 cm³/mol. The van der Waals surface area contributed by atoms with E-state index in [1.54, 1.807) is 0 Å². The third-order valence-electron chi connectivity index (χ3n) is 3.41. The average Bonchev–Trinajstić information content (AvgIpc) is 2.27. The fraction of sp³-hybridized carbons (Fsp3) is 0.917. The van der Waals surface area contributed by atoms with Gasteiger partial charge in [-0.3, -0.25) is 4.21 Å². The standard InChI is InChI=1S/C12H21NOS/c1-4-10-5-6-11(8-13)12(7-10)15(14)9(2)3/h9-12H,4-7H2,1-3H3. The van der Waals surface area contributed by atoms with E-state index >= 15 is 0 Å². The lowest BCUT2D eigenvalue weighted by Gasteiger charge is -2.32. The van der Waals surface area contributed by atoms with Crippen LogP contribution in [0, 0.1) is 23.2 Å². The Kier molecular flexibility index (Phi) is 4.79. The summed E-state index contributed by atoms with van der Waals surface area (Å²) < 4.78 is 12.1. The first kappa shape index (κ1) is 12.7. The summed E-state index contributed by atoms with van der Waals surface area (Å²) in [6.07, 6.45) is 4.22. The van der Waals surface area contributed by atoms with Crippen molar-refractivity contribution in [3.63, 3.8) is 0 Å². The van der Waals surface area contributed by atoms with Crippen LogP contribution in [0.3, 0.4) is 0 Å². The molecule has 0 aliphatic heterocycles. The van der Waals surface area contributed by atoms with E-state index in [1.807, 2.05) is 13.8 Å². The van der Waals surface area contributed by atoms with Gasteiger partial charge < -0.3 is 0 Å². The summed E-state index contributed by atoms with van der Waals surface area (Å²) in [5.41, 5.74) is 0. The van der Waals surface area contributed by atoms with E-state index in [1.165, 1.54) is 0 Å². The Morgan fingerprint density at radius 3 is 2.60 bits per heavy atom. The first-order valence-electron chi connectivity index (χ1n) is 5.89. The van der Waals surface area contributed by atoms with Gasteiger partial charge in [-0.1, -0.05) is 27.2 Å². The molecule has 1 fully saturated rings. The van der Waals surface area contributed by atoms with E-state index in [9.17, 15) is 4.21 Å². The zero-order valence-electron chi connectivity index (χ0n) is 9.90. The molecule has 4 atom stereocenters. The fourth-order valence-electron chi connectivity index (χ4n) is 2.34. The van der Waals surface area contributed by atoms with Crippen LogP contribution in [0.2, 0.25) is 0 Å². The van der Waals surface area contributed by atoms with Crippen molar-refractivity contribution in [2.45, 2.75) is 57.0 Å². The van der Waals surface area contributed by atoms with Crippen LogP contribution in [0.4, 0.5) is 0 Å². The first-order chi connectivity index (χ1) is 7.10. The molecular weight excluding hydrogens is 206 g/mol. The Balaban J connectivity index is 2.72. The Bertz CT molecular complexity index is 269. The van der Waals surface area contributed by atoms with E-state index in [2.05, 4.69) is 13.0 Å². The van der Waals surface area contributed by atoms with E-state index in [-0.39, 0.29) is 16.4 Å². The number of hydrogen-bond acceptors (Lipinski definition) is 2. The quantitative estimate of drug-likeness (QED) is 0.744. The van der Waals surface area contributed by atoms with E-state index < -0.39 is 10.8 Å². The highest BCUT2D eigenvalue weighted by atomic mass is 32.2. The summed E-state index contributed by atoms with van der Waals surface area (Å²) in [4.78, 5) is 0. The topological polar surface area (TPSA) is 40.9 Å². The van der Waals surface area contributed by atoms with Gasteiger partial charge in [0, 0.05) is 16.0 Å². The Hall–Kier alpha value is -0.360. The van der Waals surface area contributed by atoms with Crippen LogP contribution in [0.5, 0.6) is 0 Å². The minimum atomic E-state index is -0.833. The van der Waals surface area contributed by atoms with Crippen molar-refractivity contribution in [2.75, 3.05) is 0 Å². The van der Waals surface area contributed by atoms with Crippen molar-refractivity contribution in [2.24, 2.45) is 11.8 Å². The average molecular weight is 227 g/mol. The summed E-state index contributed by atoms with van der Waals surface area (Å²) in [5, 5.41) is 9.37. The van der Waals surface area contributed by atoms with E-state index in [0.29, 0.717) is 5.92 Å². The van der Waals surface area contributed by atoms with Gasteiger partial charge in [0.25, 0.3) is 0 Å². The molecular formula is C12H21NOS. The molecule has 0 heterocycles. The molecule has 3 heteroatoms. The van der Waals surface area contributed by atoms with E-state index in [4.69, 9.17) is 5.26 Å². The van der Waals surface area contributed by atoms with Crippen LogP contribution in [0.15, 0.2) is 0 Å². The molecule has 1 aliphatic rings. The molecule has 1 aliphatic carbocycles. The molecule has 0 saturated heterocycles. The third kappa shape index (κ3) is 3.04. The molecule has 0 bridgehead atoms. The van der Waals surface area contributed by atoms with Crippen LogP contribution in [-0.2, 0) is 10.8 Å². The maximum atomic E-state index is 12.1. The lowest BCUT2D eigenvalue weighted by molar-refractivity contribution is 0.312. The minimum absolute atomic E-state index is 0.0241. The van der Waals surface area contributed by atoms with Gasteiger partial charge in [-0.15, -0.1) is 0 Å². The van der Waals surface area contributed by atoms with E-state index in [0.717, 1.165) is 25.7 Å². The van der Waals surface area contributed by atoms with Crippen molar-refractivity contribution in [3.8, 4) is 6.07 Å². The van der Waals surface area contributed by atoms with Crippen LogP contribution in [-0.4, -0.2) is 14.7 Å².